The summed E-state index contributed by atoms with van der Waals surface area (Å²) < 4.78 is 3.16. The molecule has 148 valence electrons. The van der Waals surface area contributed by atoms with Gasteiger partial charge in [0.05, 0.1) is 0 Å². The van der Waals surface area contributed by atoms with E-state index in [4.69, 9.17) is 0 Å². The first-order valence-electron chi connectivity index (χ1n) is 9.95. The summed E-state index contributed by atoms with van der Waals surface area (Å²) in [6.45, 7) is 0. The average molecular weight is 604 g/mol. The zero-order valence-electron chi connectivity index (χ0n) is 16.6. The Labute approximate surface area is 205 Å². The normalized spacial score (nSPS) is 10.6. The van der Waals surface area contributed by atoms with Crippen LogP contribution in [0.1, 0.15) is 0 Å². The van der Waals surface area contributed by atoms with Crippen molar-refractivity contribution in [2.75, 3.05) is 0 Å². The van der Waals surface area contributed by atoms with Crippen LogP contribution >= 0.6 is 0 Å². The first-order chi connectivity index (χ1) is 14.3. The van der Waals surface area contributed by atoms with Gasteiger partial charge in [-0.25, -0.2) is 0 Å². The summed E-state index contributed by atoms with van der Waals surface area (Å²) in [7, 11) is 0. The zero-order chi connectivity index (χ0) is 19.2. The van der Waals surface area contributed by atoms with Gasteiger partial charge in [-0.3, -0.25) is 0 Å². The molecule has 31 heavy (non-hydrogen) atoms. The number of fused-ring (bicyclic) bond motifs is 4. The molecule has 0 aromatic heterocycles. The summed E-state index contributed by atoms with van der Waals surface area (Å²) >= 11 is -1.23. The number of hydrogen-bond acceptors (Lipinski definition) is 0. The van der Waals surface area contributed by atoms with E-state index in [1.807, 2.05) is 0 Å². The second-order valence-electron chi connectivity index (χ2n) is 7.58. The molecule has 0 nitrogen and oxygen atoms in total. The van der Waals surface area contributed by atoms with E-state index in [1.54, 1.807) is 6.64 Å². The first kappa shape index (κ1) is 22.0. The third kappa shape index (κ3) is 4.03. The van der Waals surface area contributed by atoms with Crippen LogP contribution in [0.3, 0.4) is 0 Å². The summed E-state index contributed by atoms with van der Waals surface area (Å²) in [5.41, 5.74) is 0. The van der Waals surface area contributed by atoms with E-state index in [0.29, 0.717) is 0 Å². The van der Waals surface area contributed by atoms with Crippen LogP contribution in [0.2, 0.25) is 0 Å². The minimum atomic E-state index is -1.23. The van der Waals surface area contributed by atoms with Crippen LogP contribution in [0.5, 0.6) is 0 Å². The van der Waals surface area contributed by atoms with Crippen LogP contribution in [-0.4, -0.2) is 0 Å². The van der Waals surface area contributed by atoms with Gasteiger partial charge >= 0.3 is 182 Å². The van der Waals surface area contributed by atoms with Gasteiger partial charge in [-0.15, -0.1) is 0 Å². The minimum absolute atomic E-state index is 0. The molecule has 0 bridgehead atoms. The topological polar surface area (TPSA) is 0 Å². The Morgan fingerprint density at radius 2 is 0.710 bits per heavy atom. The van der Waals surface area contributed by atoms with Gasteiger partial charge in [-0.05, 0) is 0 Å². The van der Waals surface area contributed by atoms with Gasteiger partial charge in [-0.1, -0.05) is 0 Å². The molecule has 0 amide bonds. The summed E-state index contributed by atoms with van der Waals surface area (Å²) in [5.74, 6) is 0. The van der Waals surface area contributed by atoms with E-state index in [1.165, 1.54) is 43.1 Å². The van der Waals surface area contributed by atoms with Crippen LogP contribution in [0.4, 0.5) is 0 Å². The Balaban J connectivity index is 0.00000116. The fourth-order valence-corrected chi connectivity index (χ4v) is 9.15. The molecule has 6 aromatic carbocycles. The van der Waals surface area contributed by atoms with Gasteiger partial charge in [0, 0.05) is 0 Å². The molecule has 0 unspecified atom stereocenters. The van der Waals surface area contributed by atoms with Crippen molar-refractivity contribution in [3.8, 4) is 0 Å². The quantitative estimate of drug-likeness (QED) is 0.198. The van der Waals surface area contributed by atoms with Crippen molar-refractivity contribution in [2.24, 2.45) is 0 Å². The zero-order valence-corrected chi connectivity index (χ0v) is 21.8. The molecule has 0 spiro atoms. The van der Waals surface area contributed by atoms with E-state index in [-0.39, 0.29) is 24.8 Å². The fourth-order valence-electron chi connectivity index (χ4n) is 4.30. The number of rotatable bonds is 2. The molecule has 0 saturated heterocycles. The Morgan fingerprint density at radius 1 is 0.355 bits per heavy atom. The molecule has 0 aliphatic rings. The Hall–Kier alpha value is -2.19. The van der Waals surface area contributed by atoms with Gasteiger partial charge < -0.3 is 24.8 Å². The predicted molar refractivity (Wildman–Crippen MR) is 122 cm³/mol. The molecule has 3 heteroatoms. The van der Waals surface area contributed by atoms with Crippen molar-refractivity contribution in [2.45, 2.75) is 0 Å². The van der Waals surface area contributed by atoms with Crippen LogP contribution in [0.15, 0.2) is 109 Å². The fraction of sp³-hybridized carbons (Fsp3) is 0. The summed E-state index contributed by atoms with van der Waals surface area (Å²) in [4.78, 5) is 0. The molecule has 0 aliphatic carbocycles. The van der Waals surface area contributed by atoms with Gasteiger partial charge in [0.15, 0.2) is 0 Å². The summed E-state index contributed by atoms with van der Waals surface area (Å²) in [6, 6.07) is 40.6. The van der Waals surface area contributed by atoms with Crippen LogP contribution in [0, 0.1) is 0 Å². The average Bonchev–Trinajstić information content (AvgIpc) is 2.77. The second kappa shape index (κ2) is 9.12. The van der Waals surface area contributed by atoms with Crippen LogP contribution in [0.25, 0.3) is 43.1 Å². The standard InChI is InChI=1S/2C14H9.2ClH.Hf/c2*1-2-6-12-10-14-8-4-3-7-13(14)9-11(12)5-1;;;/h2*1-7,9-10H;2*1H;/q;;;;+2/p-2. The predicted octanol–water partition coefficient (Wildman–Crippen LogP) is 0.341. The maximum absolute atomic E-state index is 2.40. The Kier molecular flexibility index (Phi) is 6.48. The molecule has 0 radical (unpaired) electrons. The van der Waals surface area contributed by atoms with Crippen molar-refractivity contribution in [3.63, 3.8) is 0 Å². The maximum atomic E-state index is 2.40. The molecule has 0 fully saturated rings. The summed E-state index contributed by atoms with van der Waals surface area (Å²) in [6.07, 6.45) is 0. The van der Waals surface area contributed by atoms with Gasteiger partial charge in [0.25, 0.3) is 0 Å². The molecular formula is C28H18Cl2Hf. The third-order valence-corrected chi connectivity index (χ3v) is 10.8. The van der Waals surface area contributed by atoms with E-state index >= 15 is 0 Å². The summed E-state index contributed by atoms with van der Waals surface area (Å²) in [5, 5.41) is 10.9. The van der Waals surface area contributed by atoms with Gasteiger partial charge in [0.1, 0.15) is 0 Å². The molecule has 0 atom stereocenters. The Bertz CT molecular complexity index is 1420. The molecule has 6 aromatic rings. The van der Waals surface area contributed by atoms with Crippen molar-refractivity contribution < 1.29 is 47.7 Å². The SMILES string of the molecule is [Cl-].[Cl-].c1ccc2cc3[c]([Hf+2][c]4cccc5cc6ccccc6cc45)cccc3cc2c1. The molecular weight excluding hydrogens is 586 g/mol. The van der Waals surface area contributed by atoms with E-state index < -0.39 is 22.9 Å². The Morgan fingerprint density at radius 3 is 1.13 bits per heavy atom. The van der Waals surface area contributed by atoms with E-state index in [9.17, 15) is 0 Å². The third-order valence-electron chi connectivity index (χ3n) is 5.76. The van der Waals surface area contributed by atoms with Gasteiger partial charge in [0.2, 0.25) is 0 Å². The van der Waals surface area contributed by atoms with Crippen LogP contribution in [-0.2, 0) is 22.9 Å². The van der Waals surface area contributed by atoms with Gasteiger partial charge in [-0.2, -0.15) is 0 Å². The van der Waals surface area contributed by atoms with Crippen molar-refractivity contribution in [3.05, 3.63) is 109 Å². The number of benzene rings is 6. The monoisotopic (exact) mass is 604 g/mol. The molecule has 0 saturated carbocycles. The van der Waals surface area contributed by atoms with Crippen molar-refractivity contribution in [1.82, 2.24) is 0 Å². The molecule has 0 heterocycles. The van der Waals surface area contributed by atoms with Crippen molar-refractivity contribution >= 4 is 49.7 Å². The molecule has 0 N–H and O–H groups in total. The van der Waals surface area contributed by atoms with Crippen molar-refractivity contribution in [1.29, 1.82) is 0 Å². The van der Waals surface area contributed by atoms with E-state index in [2.05, 4.69) is 109 Å². The second-order valence-corrected chi connectivity index (χ2v) is 12.3. The molecule has 6 rings (SSSR count). The molecule has 0 aliphatic heterocycles. The number of hydrogen-bond donors (Lipinski definition) is 0. The van der Waals surface area contributed by atoms with E-state index in [0.717, 1.165) is 0 Å². The van der Waals surface area contributed by atoms with Crippen LogP contribution < -0.4 is 31.5 Å². The number of halogens is 2. The first-order valence-corrected chi connectivity index (χ1v) is 13.5.